The molecule has 0 saturated carbocycles. The maximum absolute atomic E-state index is 12.2. The van der Waals surface area contributed by atoms with E-state index in [1.807, 2.05) is 23.6 Å². The monoisotopic (exact) mass is 349 g/mol. The number of aromatic nitrogens is 2. The van der Waals surface area contributed by atoms with Gasteiger partial charge in [0.05, 0.1) is 16.3 Å². The van der Waals surface area contributed by atoms with Crippen LogP contribution >= 0.6 is 34.5 Å². The highest BCUT2D eigenvalue weighted by Gasteiger charge is 2.13. The summed E-state index contributed by atoms with van der Waals surface area (Å²) in [6, 6.07) is 10.3. The number of anilines is 1. The number of hydrogen-bond donors (Lipinski definition) is 1. The van der Waals surface area contributed by atoms with Gasteiger partial charge in [-0.2, -0.15) is 0 Å². The molecule has 0 atom stereocenters. The van der Waals surface area contributed by atoms with Crippen molar-refractivity contribution in [2.24, 2.45) is 0 Å². The summed E-state index contributed by atoms with van der Waals surface area (Å²) in [7, 11) is 0. The molecular weight excluding hydrogens is 341 g/mol. The third-order valence-electron chi connectivity index (χ3n) is 2.83. The van der Waals surface area contributed by atoms with Gasteiger partial charge in [-0.25, -0.2) is 4.98 Å². The first-order chi connectivity index (χ1) is 10.6. The highest BCUT2D eigenvalue weighted by molar-refractivity contribution is 7.14. The lowest BCUT2D eigenvalue weighted by atomic mass is 10.2. The van der Waals surface area contributed by atoms with Crippen LogP contribution in [0.25, 0.3) is 11.4 Å². The van der Waals surface area contributed by atoms with Gasteiger partial charge in [-0.15, -0.1) is 11.3 Å². The van der Waals surface area contributed by atoms with Gasteiger partial charge in [0.25, 0.3) is 5.91 Å². The van der Waals surface area contributed by atoms with Crippen LogP contribution < -0.4 is 5.32 Å². The maximum atomic E-state index is 12.2. The minimum Gasteiger partial charge on any atom is -0.298 e. The second-order valence-corrected chi connectivity index (χ2v) is 6.03. The molecule has 1 N–H and O–H groups in total. The van der Waals surface area contributed by atoms with E-state index in [0.717, 1.165) is 5.69 Å². The van der Waals surface area contributed by atoms with Crippen molar-refractivity contribution in [2.45, 2.75) is 0 Å². The normalized spacial score (nSPS) is 10.5. The van der Waals surface area contributed by atoms with Gasteiger partial charge in [0.1, 0.15) is 5.69 Å². The van der Waals surface area contributed by atoms with Crippen LogP contribution in [0.4, 0.5) is 5.13 Å². The Bertz CT molecular complexity index is 821. The van der Waals surface area contributed by atoms with Crippen molar-refractivity contribution in [3.8, 4) is 11.4 Å². The van der Waals surface area contributed by atoms with E-state index in [0.29, 0.717) is 26.4 Å². The Kier molecular flexibility index (Phi) is 4.38. The smallest absolute Gasteiger partial charge is 0.259 e. The van der Waals surface area contributed by atoms with Gasteiger partial charge in [-0.3, -0.25) is 15.1 Å². The number of nitrogens with zero attached hydrogens (tertiary/aromatic N) is 2. The lowest BCUT2D eigenvalue weighted by Gasteiger charge is -2.04. The fourth-order valence-corrected chi connectivity index (χ4v) is 2.87. The number of benzene rings is 1. The van der Waals surface area contributed by atoms with Crippen molar-refractivity contribution >= 4 is 45.6 Å². The Morgan fingerprint density at radius 3 is 2.77 bits per heavy atom. The molecule has 2 heterocycles. The van der Waals surface area contributed by atoms with E-state index >= 15 is 0 Å². The predicted octanol–water partition coefficient (Wildman–Crippen LogP) is 4.76. The van der Waals surface area contributed by atoms with Gasteiger partial charge in [0, 0.05) is 16.6 Å². The van der Waals surface area contributed by atoms with Crippen LogP contribution in [0.15, 0.2) is 48.0 Å². The summed E-state index contributed by atoms with van der Waals surface area (Å²) < 4.78 is 0. The van der Waals surface area contributed by atoms with Gasteiger partial charge in [-0.1, -0.05) is 29.3 Å². The van der Waals surface area contributed by atoms with Crippen LogP contribution in [0, 0.1) is 0 Å². The Hall–Kier alpha value is -1.95. The molecule has 0 fully saturated rings. The number of halogens is 2. The quantitative estimate of drug-likeness (QED) is 0.741. The molecule has 4 nitrogen and oxygen atoms in total. The zero-order valence-electron chi connectivity index (χ0n) is 11.1. The van der Waals surface area contributed by atoms with Gasteiger partial charge < -0.3 is 0 Å². The molecule has 1 aromatic carbocycles. The predicted molar refractivity (Wildman–Crippen MR) is 89.8 cm³/mol. The number of rotatable bonds is 3. The van der Waals surface area contributed by atoms with E-state index in [9.17, 15) is 4.79 Å². The third-order valence-corrected chi connectivity index (χ3v) is 4.15. The van der Waals surface area contributed by atoms with E-state index in [2.05, 4.69) is 15.3 Å². The van der Waals surface area contributed by atoms with Crippen molar-refractivity contribution in [1.29, 1.82) is 0 Å². The molecular formula is C15H9Cl2N3OS. The molecule has 0 unspecified atom stereocenters. The first kappa shape index (κ1) is 15.0. The standard InChI is InChI=1S/C15H9Cl2N3OS/c16-9-4-5-11(17)10(7-9)14(21)20-15-19-13(8-22-15)12-3-1-2-6-18-12/h1-8H,(H,19,20,21). The summed E-state index contributed by atoms with van der Waals surface area (Å²) in [5, 5.41) is 5.80. The molecule has 1 amide bonds. The van der Waals surface area contributed by atoms with Crippen molar-refractivity contribution in [3.05, 3.63) is 63.6 Å². The van der Waals surface area contributed by atoms with Gasteiger partial charge >= 0.3 is 0 Å². The Labute approximate surface area is 140 Å². The lowest BCUT2D eigenvalue weighted by Crippen LogP contribution is -2.12. The number of pyridine rings is 1. The molecule has 3 rings (SSSR count). The van der Waals surface area contributed by atoms with E-state index < -0.39 is 0 Å². The summed E-state index contributed by atoms with van der Waals surface area (Å²) in [5.41, 5.74) is 1.77. The molecule has 0 aliphatic carbocycles. The molecule has 0 aliphatic rings. The SMILES string of the molecule is O=C(Nc1nc(-c2ccccn2)cs1)c1cc(Cl)ccc1Cl. The minimum atomic E-state index is -0.352. The fraction of sp³-hybridized carbons (Fsp3) is 0. The number of amides is 1. The van der Waals surface area contributed by atoms with Crippen LogP contribution in [0.5, 0.6) is 0 Å². The molecule has 0 radical (unpaired) electrons. The van der Waals surface area contributed by atoms with Crippen LogP contribution in [-0.2, 0) is 0 Å². The molecule has 2 aromatic heterocycles. The summed E-state index contributed by atoms with van der Waals surface area (Å²) in [6.45, 7) is 0. The van der Waals surface area contributed by atoms with Crippen molar-refractivity contribution in [1.82, 2.24) is 9.97 Å². The van der Waals surface area contributed by atoms with Crippen molar-refractivity contribution in [2.75, 3.05) is 5.32 Å². The molecule has 0 bridgehead atoms. The van der Waals surface area contributed by atoms with Crippen molar-refractivity contribution in [3.63, 3.8) is 0 Å². The number of thiazole rings is 1. The molecule has 22 heavy (non-hydrogen) atoms. The Morgan fingerprint density at radius 2 is 2.00 bits per heavy atom. The molecule has 0 aliphatic heterocycles. The lowest BCUT2D eigenvalue weighted by molar-refractivity contribution is 0.102. The number of carbonyl (C=O) groups excluding carboxylic acids is 1. The average Bonchev–Trinajstić information content (AvgIpc) is 2.99. The molecule has 7 heteroatoms. The summed E-state index contributed by atoms with van der Waals surface area (Å²) in [5.74, 6) is -0.352. The molecule has 3 aromatic rings. The summed E-state index contributed by atoms with van der Waals surface area (Å²) in [6.07, 6.45) is 1.69. The number of hydrogen-bond acceptors (Lipinski definition) is 4. The molecule has 110 valence electrons. The van der Waals surface area contributed by atoms with E-state index in [1.54, 1.807) is 18.3 Å². The molecule has 0 spiro atoms. The van der Waals surface area contributed by atoms with Crippen LogP contribution in [0.2, 0.25) is 10.0 Å². The highest BCUT2D eigenvalue weighted by atomic mass is 35.5. The minimum absolute atomic E-state index is 0.309. The Morgan fingerprint density at radius 1 is 1.14 bits per heavy atom. The second-order valence-electron chi connectivity index (χ2n) is 4.33. The first-order valence-electron chi connectivity index (χ1n) is 6.27. The number of nitrogens with one attached hydrogen (secondary N) is 1. The average molecular weight is 350 g/mol. The summed E-state index contributed by atoms with van der Waals surface area (Å²) >= 11 is 13.2. The maximum Gasteiger partial charge on any atom is 0.259 e. The summed E-state index contributed by atoms with van der Waals surface area (Å²) in [4.78, 5) is 20.8. The third kappa shape index (κ3) is 3.27. The van der Waals surface area contributed by atoms with Gasteiger partial charge in [0.15, 0.2) is 5.13 Å². The van der Waals surface area contributed by atoms with Gasteiger partial charge in [-0.05, 0) is 30.3 Å². The second kappa shape index (κ2) is 6.44. The first-order valence-corrected chi connectivity index (χ1v) is 7.90. The fourth-order valence-electron chi connectivity index (χ4n) is 1.80. The Balaban J connectivity index is 1.81. The molecule has 0 saturated heterocycles. The van der Waals surface area contributed by atoms with Crippen LogP contribution in [0.1, 0.15) is 10.4 Å². The van der Waals surface area contributed by atoms with Crippen molar-refractivity contribution < 1.29 is 4.79 Å². The van der Waals surface area contributed by atoms with Crippen LogP contribution in [-0.4, -0.2) is 15.9 Å². The van der Waals surface area contributed by atoms with E-state index in [1.165, 1.54) is 17.4 Å². The van der Waals surface area contributed by atoms with E-state index in [4.69, 9.17) is 23.2 Å². The van der Waals surface area contributed by atoms with Gasteiger partial charge in [0.2, 0.25) is 0 Å². The highest BCUT2D eigenvalue weighted by Crippen LogP contribution is 2.25. The topological polar surface area (TPSA) is 54.9 Å². The zero-order valence-corrected chi connectivity index (χ0v) is 13.4. The largest absolute Gasteiger partial charge is 0.298 e. The number of carbonyl (C=O) groups is 1. The van der Waals surface area contributed by atoms with Crippen LogP contribution in [0.3, 0.4) is 0 Å². The van der Waals surface area contributed by atoms with E-state index in [-0.39, 0.29) is 5.91 Å². The zero-order chi connectivity index (χ0) is 15.5.